The molecule has 0 fully saturated rings. The molecule has 1 atom stereocenters. The molecule has 0 radical (unpaired) electrons. The molecule has 31 heavy (non-hydrogen) atoms. The number of sulfone groups is 1. The maximum Gasteiger partial charge on any atom is 0.338 e. The SMILES string of the molecule is CCOC(=O)C1=C(CS(=O)(=O)c2ccc(Cl)cc2)NC(=O)NC1c1ccc(F)c(F)c1. The van der Waals surface area contributed by atoms with Gasteiger partial charge in [-0.05, 0) is 48.9 Å². The van der Waals surface area contributed by atoms with Gasteiger partial charge in [-0.25, -0.2) is 26.8 Å². The summed E-state index contributed by atoms with van der Waals surface area (Å²) in [6.07, 6.45) is 0. The number of carbonyl (C=O) groups excluding carboxylic acids is 2. The van der Waals surface area contributed by atoms with Crippen LogP contribution in [0, 0.1) is 11.6 Å². The quantitative estimate of drug-likeness (QED) is 0.631. The van der Waals surface area contributed by atoms with Gasteiger partial charge in [-0.2, -0.15) is 0 Å². The largest absolute Gasteiger partial charge is 0.463 e. The third kappa shape index (κ3) is 5.02. The number of carbonyl (C=O) groups is 2. The van der Waals surface area contributed by atoms with Crippen molar-refractivity contribution in [1.82, 2.24) is 10.6 Å². The topological polar surface area (TPSA) is 102 Å². The third-order valence-electron chi connectivity index (χ3n) is 4.43. The first kappa shape index (κ1) is 22.7. The number of urea groups is 1. The zero-order chi connectivity index (χ0) is 22.8. The Hall–Kier alpha value is -2.98. The average molecular weight is 471 g/mol. The van der Waals surface area contributed by atoms with Crippen LogP contribution in [0.1, 0.15) is 18.5 Å². The first-order valence-corrected chi connectivity index (χ1v) is 11.1. The van der Waals surface area contributed by atoms with Crippen LogP contribution in [0.2, 0.25) is 5.02 Å². The van der Waals surface area contributed by atoms with Crippen molar-refractivity contribution in [3.63, 3.8) is 0 Å². The zero-order valence-corrected chi connectivity index (χ0v) is 17.7. The minimum Gasteiger partial charge on any atom is -0.463 e. The third-order valence-corrected chi connectivity index (χ3v) is 6.34. The van der Waals surface area contributed by atoms with Crippen molar-refractivity contribution in [3.05, 3.63) is 76.0 Å². The van der Waals surface area contributed by atoms with Crippen molar-refractivity contribution in [2.24, 2.45) is 0 Å². The van der Waals surface area contributed by atoms with Crippen molar-refractivity contribution >= 4 is 33.4 Å². The van der Waals surface area contributed by atoms with Gasteiger partial charge in [-0.1, -0.05) is 17.7 Å². The number of rotatable bonds is 6. The van der Waals surface area contributed by atoms with Gasteiger partial charge in [-0.3, -0.25) is 0 Å². The highest BCUT2D eigenvalue weighted by Gasteiger charge is 2.36. The van der Waals surface area contributed by atoms with E-state index in [2.05, 4.69) is 10.6 Å². The fourth-order valence-corrected chi connectivity index (χ4v) is 4.49. The monoisotopic (exact) mass is 470 g/mol. The number of hydrogen-bond acceptors (Lipinski definition) is 5. The number of halogens is 3. The number of ether oxygens (including phenoxy) is 1. The highest BCUT2D eigenvalue weighted by molar-refractivity contribution is 7.91. The zero-order valence-electron chi connectivity index (χ0n) is 16.1. The first-order valence-electron chi connectivity index (χ1n) is 9.03. The molecule has 1 aliphatic heterocycles. The molecule has 2 N–H and O–H groups in total. The molecule has 0 aromatic heterocycles. The summed E-state index contributed by atoms with van der Waals surface area (Å²) in [5.41, 5.74) is -0.421. The van der Waals surface area contributed by atoms with Crippen molar-refractivity contribution in [2.45, 2.75) is 17.9 Å². The summed E-state index contributed by atoms with van der Waals surface area (Å²) in [6, 6.07) is 6.12. The Bertz CT molecular complexity index is 1170. The van der Waals surface area contributed by atoms with E-state index in [1.54, 1.807) is 6.92 Å². The van der Waals surface area contributed by atoms with Gasteiger partial charge in [0.25, 0.3) is 0 Å². The maximum atomic E-state index is 13.8. The van der Waals surface area contributed by atoms with Gasteiger partial charge in [0.15, 0.2) is 21.5 Å². The van der Waals surface area contributed by atoms with Crippen LogP contribution in [0.3, 0.4) is 0 Å². The van der Waals surface area contributed by atoms with Crippen LogP contribution in [0.15, 0.2) is 58.6 Å². The summed E-state index contributed by atoms with van der Waals surface area (Å²) in [5.74, 6) is -3.96. The molecule has 2 aromatic rings. The Balaban J connectivity index is 2.11. The molecule has 0 saturated carbocycles. The molecule has 0 spiro atoms. The Morgan fingerprint density at radius 2 is 1.81 bits per heavy atom. The summed E-state index contributed by atoms with van der Waals surface area (Å²) in [5, 5.41) is 5.08. The van der Waals surface area contributed by atoms with Crippen LogP contribution in [0.5, 0.6) is 0 Å². The van der Waals surface area contributed by atoms with E-state index in [1.807, 2.05) is 0 Å². The molecule has 2 amide bonds. The van der Waals surface area contributed by atoms with Gasteiger partial charge >= 0.3 is 12.0 Å². The molecule has 7 nitrogen and oxygen atoms in total. The second kappa shape index (κ2) is 9.03. The lowest BCUT2D eigenvalue weighted by molar-refractivity contribution is -0.139. The molecule has 0 bridgehead atoms. The van der Waals surface area contributed by atoms with Crippen molar-refractivity contribution in [2.75, 3.05) is 12.4 Å². The van der Waals surface area contributed by atoms with Gasteiger partial charge in [-0.15, -0.1) is 0 Å². The van der Waals surface area contributed by atoms with Crippen LogP contribution in [-0.2, 0) is 19.4 Å². The van der Waals surface area contributed by atoms with Gasteiger partial charge in [0, 0.05) is 10.7 Å². The molecule has 1 heterocycles. The normalized spacial score (nSPS) is 16.5. The van der Waals surface area contributed by atoms with Crippen LogP contribution < -0.4 is 10.6 Å². The summed E-state index contributed by atoms with van der Waals surface area (Å²) in [7, 11) is -4.00. The van der Waals surface area contributed by atoms with E-state index in [4.69, 9.17) is 16.3 Å². The Labute approximate surface area is 182 Å². The van der Waals surface area contributed by atoms with Crippen LogP contribution >= 0.6 is 11.6 Å². The highest BCUT2D eigenvalue weighted by atomic mass is 35.5. The predicted octanol–water partition coefficient (Wildman–Crippen LogP) is 3.26. The van der Waals surface area contributed by atoms with Crippen molar-refractivity contribution < 1.29 is 31.5 Å². The second-order valence-electron chi connectivity index (χ2n) is 6.53. The molecule has 0 saturated heterocycles. The van der Waals surface area contributed by atoms with E-state index in [-0.39, 0.29) is 28.3 Å². The van der Waals surface area contributed by atoms with Gasteiger partial charge < -0.3 is 15.4 Å². The molecule has 11 heteroatoms. The Kier molecular flexibility index (Phi) is 6.61. The molecular weight excluding hydrogens is 454 g/mol. The lowest BCUT2D eigenvalue weighted by Crippen LogP contribution is -2.47. The first-order chi connectivity index (χ1) is 14.6. The molecule has 164 valence electrons. The Morgan fingerprint density at radius 1 is 1.13 bits per heavy atom. The van der Waals surface area contributed by atoms with Gasteiger partial charge in [0.05, 0.1) is 28.9 Å². The molecular formula is C20H17ClF2N2O5S. The number of hydrogen-bond donors (Lipinski definition) is 2. The average Bonchev–Trinajstić information content (AvgIpc) is 2.69. The fourth-order valence-electron chi connectivity index (χ4n) is 3.04. The van der Waals surface area contributed by atoms with E-state index >= 15 is 0 Å². The smallest absolute Gasteiger partial charge is 0.338 e. The summed E-state index contributed by atoms with van der Waals surface area (Å²) >= 11 is 5.80. The van der Waals surface area contributed by atoms with Crippen LogP contribution in [-0.4, -0.2) is 32.8 Å². The van der Waals surface area contributed by atoms with Gasteiger partial charge in [0.1, 0.15) is 0 Å². The summed E-state index contributed by atoms with van der Waals surface area (Å²) < 4.78 is 57.9. The fraction of sp³-hybridized carbons (Fsp3) is 0.200. The minimum atomic E-state index is -4.00. The van der Waals surface area contributed by atoms with Crippen LogP contribution in [0.25, 0.3) is 0 Å². The lowest BCUT2D eigenvalue weighted by Gasteiger charge is -2.29. The lowest BCUT2D eigenvalue weighted by atomic mass is 9.95. The molecule has 1 aliphatic rings. The predicted molar refractivity (Wildman–Crippen MR) is 108 cm³/mol. The minimum absolute atomic E-state index is 0.0298. The molecule has 1 unspecified atom stereocenters. The van der Waals surface area contributed by atoms with Crippen molar-refractivity contribution in [1.29, 1.82) is 0 Å². The highest BCUT2D eigenvalue weighted by Crippen LogP contribution is 2.30. The maximum absolute atomic E-state index is 13.8. The van der Waals surface area contributed by atoms with E-state index in [0.717, 1.165) is 12.1 Å². The molecule has 2 aromatic carbocycles. The number of amides is 2. The van der Waals surface area contributed by atoms with Crippen LogP contribution in [0.4, 0.5) is 13.6 Å². The van der Waals surface area contributed by atoms with E-state index in [1.165, 1.54) is 30.3 Å². The molecule has 0 aliphatic carbocycles. The summed E-state index contributed by atoms with van der Waals surface area (Å²) in [6.45, 7) is 1.52. The van der Waals surface area contributed by atoms with Gasteiger partial charge in [0.2, 0.25) is 0 Å². The number of benzene rings is 2. The van der Waals surface area contributed by atoms with E-state index < -0.39 is 45.3 Å². The van der Waals surface area contributed by atoms with E-state index in [9.17, 15) is 26.8 Å². The Morgan fingerprint density at radius 3 is 2.42 bits per heavy atom. The molecule has 3 rings (SSSR count). The number of nitrogens with one attached hydrogen (secondary N) is 2. The van der Waals surface area contributed by atoms with Crippen molar-refractivity contribution in [3.8, 4) is 0 Å². The second-order valence-corrected chi connectivity index (χ2v) is 8.96. The van der Waals surface area contributed by atoms with E-state index in [0.29, 0.717) is 5.02 Å². The standard InChI is InChI=1S/C20H17ClF2N2O5S/c1-2-30-19(26)17-16(10-31(28,29)13-6-4-12(21)5-7-13)24-20(27)25-18(17)11-3-8-14(22)15(23)9-11/h3-9,18H,2,10H2,1H3,(H2,24,25,27). The number of esters is 1. The summed E-state index contributed by atoms with van der Waals surface area (Å²) in [4.78, 5) is 24.8.